The van der Waals surface area contributed by atoms with Crippen LogP contribution < -0.4 is 5.32 Å². The highest BCUT2D eigenvalue weighted by Crippen LogP contribution is 2.39. The molecule has 12 heteroatoms. The fraction of sp³-hybridized carbons (Fsp3) is 0.214. The molecule has 208 valence electrons. The van der Waals surface area contributed by atoms with E-state index in [9.17, 15) is 21.6 Å². The van der Waals surface area contributed by atoms with Crippen molar-refractivity contribution in [3.05, 3.63) is 101 Å². The van der Waals surface area contributed by atoms with Crippen molar-refractivity contribution in [2.24, 2.45) is 0 Å². The molecule has 1 unspecified atom stereocenters. The molecule has 0 spiro atoms. The lowest BCUT2D eigenvalue weighted by Crippen LogP contribution is -2.19. The van der Waals surface area contributed by atoms with Crippen LogP contribution in [0.15, 0.2) is 76.6 Å². The van der Waals surface area contributed by atoms with Crippen molar-refractivity contribution < 1.29 is 26.0 Å². The van der Waals surface area contributed by atoms with Gasteiger partial charge in [-0.15, -0.1) is 0 Å². The fourth-order valence-corrected chi connectivity index (χ4v) is 5.77. The molecule has 3 heterocycles. The Hall–Kier alpha value is -3.83. The zero-order chi connectivity index (χ0) is 29.0. The van der Waals surface area contributed by atoms with Gasteiger partial charge in [0.25, 0.3) is 0 Å². The summed E-state index contributed by atoms with van der Waals surface area (Å²) in [5.41, 5.74) is 2.70. The molecule has 2 aromatic heterocycles. The summed E-state index contributed by atoms with van der Waals surface area (Å²) in [4.78, 5) is 8.33. The van der Waals surface area contributed by atoms with E-state index in [-0.39, 0.29) is 12.2 Å². The molecule has 0 radical (unpaired) electrons. The molecule has 3 aromatic rings. The van der Waals surface area contributed by atoms with Gasteiger partial charge in [0.15, 0.2) is 27.2 Å². The Bertz CT molecular complexity index is 1780. The number of nitrogens with one attached hydrogen (secondary N) is 1. The largest absolute Gasteiger partial charge is 0.440 e. The topological polar surface area (TPSA) is 90.0 Å². The van der Waals surface area contributed by atoms with E-state index in [0.29, 0.717) is 50.6 Å². The van der Waals surface area contributed by atoms with Gasteiger partial charge in [-0.1, -0.05) is 42.5 Å². The van der Waals surface area contributed by atoms with Gasteiger partial charge in [0.2, 0.25) is 0 Å². The first-order chi connectivity index (χ1) is 18.7. The standard InChI is InChI=1S/C28H24ClF3N4O3S/c1-15-10-20(13-25(29)33-15)27-26(35-17(3)39-27)22-12-19(18-6-5-7-21(11-18)40(4,37)38)8-9-23(22)36-14-24(28(30,31)32)34-16(36)2/h5-10,12-14,21,33H,1,11H2,2-4H3. The fourth-order valence-electron chi connectivity index (χ4n) is 4.67. The minimum Gasteiger partial charge on any atom is -0.440 e. The van der Waals surface area contributed by atoms with Crippen LogP contribution in [0.3, 0.4) is 0 Å². The molecule has 1 aromatic carbocycles. The van der Waals surface area contributed by atoms with Gasteiger partial charge in [-0.3, -0.25) is 0 Å². The maximum absolute atomic E-state index is 13.5. The summed E-state index contributed by atoms with van der Waals surface area (Å²) in [6.45, 7) is 7.04. The van der Waals surface area contributed by atoms with Crippen LogP contribution in [0.4, 0.5) is 13.2 Å². The summed E-state index contributed by atoms with van der Waals surface area (Å²) < 4.78 is 72.4. The van der Waals surface area contributed by atoms with Gasteiger partial charge in [-0.2, -0.15) is 13.2 Å². The average Bonchev–Trinajstić information content (AvgIpc) is 3.45. The van der Waals surface area contributed by atoms with E-state index in [1.54, 1.807) is 49.4 Å². The van der Waals surface area contributed by atoms with E-state index in [2.05, 4.69) is 21.9 Å². The zero-order valence-electron chi connectivity index (χ0n) is 21.7. The first-order valence-corrected chi connectivity index (χ1v) is 14.4. The number of halogens is 4. The number of alkyl halides is 3. The van der Waals surface area contributed by atoms with Crippen molar-refractivity contribution in [3.63, 3.8) is 0 Å². The number of oxazole rings is 1. The summed E-state index contributed by atoms with van der Waals surface area (Å²) in [5, 5.41) is 2.50. The number of hydrogen-bond donors (Lipinski definition) is 1. The van der Waals surface area contributed by atoms with Crippen molar-refractivity contribution in [2.75, 3.05) is 6.26 Å². The quantitative estimate of drug-likeness (QED) is 0.342. The second-order valence-electron chi connectivity index (χ2n) is 9.57. The molecule has 1 aliphatic heterocycles. The minimum absolute atomic E-state index is 0.123. The van der Waals surface area contributed by atoms with Crippen LogP contribution in [-0.2, 0) is 16.0 Å². The summed E-state index contributed by atoms with van der Waals surface area (Å²) in [5.74, 6) is 0.792. The number of imidazole rings is 1. The van der Waals surface area contributed by atoms with E-state index < -0.39 is 27.0 Å². The number of aryl methyl sites for hydroxylation is 2. The molecular weight excluding hydrogens is 565 g/mol. The van der Waals surface area contributed by atoms with Crippen LogP contribution in [0.1, 0.15) is 35.2 Å². The van der Waals surface area contributed by atoms with Crippen molar-refractivity contribution in [1.29, 1.82) is 0 Å². The Morgan fingerprint density at radius 1 is 1.20 bits per heavy atom. The normalized spacial score (nSPS) is 17.8. The summed E-state index contributed by atoms with van der Waals surface area (Å²) >= 11 is 6.24. The smallest absolute Gasteiger partial charge is 0.434 e. The maximum Gasteiger partial charge on any atom is 0.434 e. The number of dihydropyridines is 1. The molecule has 40 heavy (non-hydrogen) atoms. The monoisotopic (exact) mass is 588 g/mol. The molecule has 0 bridgehead atoms. The highest BCUT2D eigenvalue weighted by atomic mass is 35.5. The molecule has 0 saturated carbocycles. The van der Waals surface area contributed by atoms with Gasteiger partial charge >= 0.3 is 6.18 Å². The number of nitrogens with zero attached hydrogens (tertiary/aromatic N) is 3. The SMILES string of the molecule is C=C1C=C(c2oc(C)nc2-c2cc(C3=CC=CC(S(C)(=O)=O)C3)ccc2-n2cc(C(F)(F)F)nc2C)C=C(Cl)N1. The van der Waals surface area contributed by atoms with Crippen LogP contribution in [0, 0.1) is 13.8 Å². The van der Waals surface area contributed by atoms with Crippen LogP contribution in [0.25, 0.3) is 28.1 Å². The predicted octanol–water partition coefficient (Wildman–Crippen LogP) is 6.50. The molecule has 5 rings (SSSR count). The molecule has 1 N–H and O–H groups in total. The molecular formula is C28H24ClF3N4O3S. The highest BCUT2D eigenvalue weighted by molar-refractivity contribution is 7.91. The molecule has 0 fully saturated rings. The van der Waals surface area contributed by atoms with Gasteiger partial charge in [0.05, 0.1) is 10.9 Å². The first-order valence-electron chi connectivity index (χ1n) is 12.1. The summed E-state index contributed by atoms with van der Waals surface area (Å²) in [6.07, 6.45) is 6.23. The zero-order valence-corrected chi connectivity index (χ0v) is 23.2. The molecule has 1 atom stereocenters. The number of aromatic nitrogens is 3. The van der Waals surface area contributed by atoms with E-state index in [0.717, 1.165) is 11.8 Å². The number of rotatable bonds is 5. The van der Waals surface area contributed by atoms with Crippen molar-refractivity contribution in [3.8, 4) is 16.9 Å². The summed E-state index contributed by atoms with van der Waals surface area (Å²) in [7, 11) is -3.34. The first kappa shape index (κ1) is 27.7. The lowest BCUT2D eigenvalue weighted by molar-refractivity contribution is -0.141. The van der Waals surface area contributed by atoms with Crippen molar-refractivity contribution in [1.82, 2.24) is 19.9 Å². The van der Waals surface area contributed by atoms with Gasteiger partial charge < -0.3 is 14.3 Å². The molecule has 2 aliphatic rings. The minimum atomic E-state index is -4.63. The van der Waals surface area contributed by atoms with Crippen LogP contribution in [-0.4, -0.2) is 34.5 Å². The van der Waals surface area contributed by atoms with Gasteiger partial charge in [0.1, 0.15) is 16.7 Å². The Kier molecular flexibility index (Phi) is 6.91. The van der Waals surface area contributed by atoms with Crippen LogP contribution >= 0.6 is 11.6 Å². The van der Waals surface area contributed by atoms with E-state index in [1.165, 1.54) is 17.7 Å². The van der Waals surface area contributed by atoms with E-state index >= 15 is 0 Å². The summed E-state index contributed by atoms with van der Waals surface area (Å²) in [6, 6.07) is 5.18. The van der Waals surface area contributed by atoms with Gasteiger partial charge in [0, 0.05) is 36.2 Å². The third-order valence-electron chi connectivity index (χ3n) is 6.54. The molecule has 7 nitrogen and oxygen atoms in total. The second-order valence-corrected chi connectivity index (χ2v) is 12.2. The third-order valence-corrected chi connectivity index (χ3v) is 8.16. The number of benzene rings is 1. The second kappa shape index (κ2) is 9.97. The van der Waals surface area contributed by atoms with E-state index in [1.807, 2.05) is 6.08 Å². The lowest BCUT2D eigenvalue weighted by atomic mass is 9.93. The van der Waals surface area contributed by atoms with Crippen molar-refractivity contribution >= 4 is 32.6 Å². The Balaban J connectivity index is 1.73. The lowest BCUT2D eigenvalue weighted by Gasteiger charge is -2.19. The number of hydrogen-bond acceptors (Lipinski definition) is 6. The molecule has 0 amide bonds. The average molecular weight is 589 g/mol. The Morgan fingerprint density at radius 3 is 2.60 bits per heavy atom. The maximum atomic E-state index is 13.5. The van der Waals surface area contributed by atoms with Gasteiger partial charge in [-0.25, -0.2) is 18.4 Å². The number of sulfone groups is 1. The Labute approximate surface area is 234 Å². The Morgan fingerprint density at radius 2 is 1.95 bits per heavy atom. The predicted molar refractivity (Wildman–Crippen MR) is 148 cm³/mol. The molecule has 1 aliphatic carbocycles. The van der Waals surface area contributed by atoms with Gasteiger partial charge in [-0.05, 0) is 48.8 Å². The molecule has 0 saturated heterocycles. The van der Waals surface area contributed by atoms with Crippen molar-refractivity contribution in [2.45, 2.75) is 31.7 Å². The third kappa shape index (κ3) is 5.44. The van der Waals surface area contributed by atoms with Crippen LogP contribution in [0.5, 0.6) is 0 Å². The number of allylic oxidation sites excluding steroid dienone is 6. The highest BCUT2D eigenvalue weighted by Gasteiger charge is 2.35. The van der Waals surface area contributed by atoms with Crippen LogP contribution in [0.2, 0.25) is 0 Å². The van der Waals surface area contributed by atoms with E-state index in [4.69, 9.17) is 16.0 Å².